The van der Waals surface area contributed by atoms with Crippen molar-refractivity contribution in [1.82, 2.24) is 47.4 Å². The minimum Gasteiger partial charge on any atom is -0.508 e. The van der Waals surface area contributed by atoms with Gasteiger partial charge in [0.15, 0.2) is 0 Å². The summed E-state index contributed by atoms with van der Waals surface area (Å²) in [6.45, 7) is 6.72. The largest absolute Gasteiger partial charge is 0.508 e. The Balaban J connectivity index is 2.29. The Bertz CT molecular complexity index is 2030. The van der Waals surface area contributed by atoms with Crippen molar-refractivity contribution >= 4 is 90.4 Å². The summed E-state index contributed by atoms with van der Waals surface area (Å²) in [5, 5.41) is 29.8. The standard InChI is InChI=1S/C43H69N13O12S2/c1-5-22(4)35(54-40(65)28(49-36(61)25(44)19-69)16-23-8-10-24(57)11-9-23)55-43(68)53-26(12-13-32(45)58)38(63)50-29(17-33(46)59)39(64)52-30(20-70)42(67)56-14-6-7-31(56)41(66)51-27(15-21(2)3)37(62)48-18-34(47)60/h8-11,21-22,25-31,35,57,69-70H,5-7,12-20,44H2,1-4H3,(H2,45,58)(H2,46,59)(H2,47,60)(H,48,62)(H,49,61)(H,50,63)(H,51,66)(H,52,64)(H,54,65)(H2,53,55,68)/t22?,25-,26-,27-,28-,29-,30-,31-,35+/m0/s1. The number of carbonyl (C=O) groups is 11. The van der Waals surface area contributed by atoms with Gasteiger partial charge in [0.1, 0.15) is 48.2 Å². The van der Waals surface area contributed by atoms with Crippen LogP contribution >= 0.6 is 25.3 Å². The Morgan fingerprint density at radius 1 is 0.700 bits per heavy atom. The number of nitrogens with one attached hydrogen (secondary N) is 8. The van der Waals surface area contributed by atoms with Crippen molar-refractivity contribution in [2.75, 3.05) is 24.6 Å². The second-order valence-electron chi connectivity index (χ2n) is 17.3. The molecule has 0 bridgehead atoms. The van der Waals surface area contributed by atoms with E-state index in [2.05, 4.69) is 67.8 Å². The molecule has 0 saturated carbocycles. The second-order valence-corrected chi connectivity index (χ2v) is 18.0. The number of likely N-dealkylation sites (tertiary alicyclic amines) is 1. The summed E-state index contributed by atoms with van der Waals surface area (Å²) in [7, 11) is 0. The Morgan fingerprint density at radius 3 is 1.86 bits per heavy atom. The summed E-state index contributed by atoms with van der Waals surface area (Å²) < 4.78 is 0. The summed E-state index contributed by atoms with van der Waals surface area (Å²) in [6, 6.07) is -4.34. The van der Waals surface area contributed by atoms with Crippen molar-refractivity contribution in [3.05, 3.63) is 29.8 Å². The molecule has 12 amide bonds. The van der Waals surface area contributed by atoms with E-state index in [0.717, 1.165) is 0 Å². The van der Waals surface area contributed by atoms with Crippen molar-refractivity contribution in [3.8, 4) is 5.75 Å². The Hall–Kier alpha value is -6.35. The zero-order valence-corrected chi connectivity index (χ0v) is 41.4. The van der Waals surface area contributed by atoms with Gasteiger partial charge in [0.2, 0.25) is 59.1 Å². The number of hydrogen-bond donors (Lipinski definition) is 15. The van der Waals surface area contributed by atoms with Crippen LogP contribution in [0, 0.1) is 11.8 Å². The van der Waals surface area contributed by atoms with Gasteiger partial charge in [-0.2, -0.15) is 25.3 Å². The first kappa shape index (κ1) is 59.8. The van der Waals surface area contributed by atoms with E-state index in [1.807, 2.05) is 13.8 Å². The molecule has 0 radical (unpaired) electrons. The first-order valence-electron chi connectivity index (χ1n) is 22.7. The number of phenols is 1. The van der Waals surface area contributed by atoms with E-state index < -0.39 is 145 Å². The Morgan fingerprint density at radius 2 is 1.30 bits per heavy atom. The molecule has 1 fully saturated rings. The molecule has 0 spiro atoms. The van der Waals surface area contributed by atoms with E-state index in [-0.39, 0.29) is 49.0 Å². The van der Waals surface area contributed by atoms with Crippen LogP contribution in [0.2, 0.25) is 0 Å². The number of urea groups is 1. The highest BCUT2D eigenvalue weighted by Crippen LogP contribution is 2.20. The lowest BCUT2D eigenvalue weighted by Gasteiger charge is -2.30. The van der Waals surface area contributed by atoms with Crippen molar-refractivity contribution in [1.29, 1.82) is 0 Å². The summed E-state index contributed by atoms with van der Waals surface area (Å²) in [5.74, 6) is -9.26. The third-order valence-electron chi connectivity index (χ3n) is 11.1. The van der Waals surface area contributed by atoms with Crippen LogP contribution in [0.15, 0.2) is 24.3 Å². The second kappa shape index (κ2) is 29.6. The highest BCUT2D eigenvalue weighted by molar-refractivity contribution is 7.80. The average molecular weight is 1020 g/mol. The fourth-order valence-corrected chi connectivity index (χ4v) is 7.47. The maximum absolute atomic E-state index is 13.9. The van der Waals surface area contributed by atoms with E-state index in [1.165, 1.54) is 17.0 Å². The fourth-order valence-electron chi connectivity index (χ4n) is 7.06. The van der Waals surface area contributed by atoms with Gasteiger partial charge in [-0.3, -0.25) is 47.9 Å². The number of hydrogen-bond acceptors (Lipinski definition) is 15. The van der Waals surface area contributed by atoms with E-state index in [0.29, 0.717) is 18.4 Å². The number of aromatic hydroxyl groups is 1. The first-order chi connectivity index (χ1) is 32.9. The van der Waals surface area contributed by atoms with Gasteiger partial charge < -0.3 is 75.5 Å². The van der Waals surface area contributed by atoms with Crippen LogP contribution in [-0.2, 0) is 54.4 Å². The van der Waals surface area contributed by atoms with Gasteiger partial charge in [0.05, 0.1) is 19.0 Å². The van der Waals surface area contributed by atoms with Gasteiger partial charge in [-0.1, -0.05) is 39.8 Å². The van der Waals surface area contributed by atoms with Gasteiger partial charge in [-0.05, 0) is 61.6 Å². The van der Waals surface area contributed by atoms with Gasteiger partial charge in [-0.25, -0.2) is 4.79 Å². The maximum Gasteiger partial charge on any atom is 0.317 e. The first-order valence-corrected chi connectivity index (χ1v) is 23.9. The van der Waals surface area contributed by atoms with Crippen LogP contribution in [0.5, 0.6) is 5.75 Å². The smallest absolute Gasteiger partial charge is 0.317 e. The third-order valence-corrected chi connectivity index (χ3v) is 11.9. The monoisotopic (exact) mass is 1020 g/mol. The number of carbonyl (C=O) groups excluding carboxylic acids is 11. The van der Waals surface area contributed by atoms with Crippen molar-refractivity contribution in [3.63, 3.8) is 0 Å². The van der Waals surface area contributed by atoms with Crippen molar-refractivity contribution in [2.45, 2.75) is 128 Å². The lowest BCUT2D eigenvalue weighted by Crippen LogP contribution is -2.62. The van der Waals surface area contributed by atoms with E-state index >= 15 is 0 Å². The number of primary amides is 3. The van der Waals surface area contributed by atoms with Crippen LogP contribution in [0.3, 0.4) is 0 Å². The Labute approximate surface area is 416 Å². The highest BCUT2D eigenvalue weighted by Gasteiger charge is 2.40. The highest BCUT2D eigenvalue weighted by atomic mass is 32.1. The van der Waals surface area contributed by atoms with Gasteiger partial charge in [0, 0.05) is 30.9 Å². The number of thiol groups is 2. The van der Waals surface area contributed by atoms with E-state index in [9.17, 15) is 57.8 Å². The average Bonchev–Trinajstić information content (AvgIpc) is 3.80. The predicted octanol–water partition coefficient (Wildman–Crippen LogP) is -4.00. The molecule has 1 heterocycles. The molecule has 1 aromatic rings. The molecule has 1 aromatic carbocycles. The van der Waals surface area contributed by atoms with Gasteiger partial charge >= 0.3 is 6.03 Å². The molecule has 25 nitrogen and oxygen atoms in total. The molecule has 17 N–H and O–H groups in total. The van der Waals surface area contributed by atoms with Gasteiger partial charge in [-0.15, -0.1) is 0 Å². The van der Waals surface area contributed by atoms with Crippen LogP contribution in [0.25, 0.3) is 0 Å². The molecule has 1 saturated heterocycles. The normalized spacial score (nSPS) is 16.6. The molecular formula is C43H69N13O12S2. The van der Waals surface area contributed by atoms with Crippen LogP contribution in [0.4, 0.5) is 4.79 Å². The molecule has 390 valence electrons. The lowest BCUT2D eigenvalue weighted by atomic mass is 10.0. The topological polar surface area (TPSA) is 412 Å². The third kappa shape index (κ3) is 20.3. The quantitative estimate of drug-likeness (QED) is 0.0269. The SMILES string of the molecule is CCC(C)[C@@H](NC(=O)N[C@@H](CCC(N)=O)C(=O)N[C@@H](CC(N)=O)C(=O)N[C@@H](CS)C(=O)N1CCC[C@H]1C(=O)N[C@@H](CC(C)C)C(=O)NCC(N)=O)NC(=O)[C@H](Cc1ccc(O)cc1)NC(=O)[C@@H](N)CS. The zero-order chi connectivity index (χ0) is 52.8. The summed E-state index contributed by atoms with van der Waals surface area (Å²) in [4.78, 5) is 145. The summed E-state index contributed by atoms with van der Waals surface area (Å²) in [6.07, 6.45) is -1.66. The number of nitrogens with two attached hydrogens (primary N) is 4. The molecule has 0 aromatic heterocycles. The molecule has 1 aliphatic rings. The Kier molecular flexibility index (Phi) is 25.3. The molecule has 70 heavy (non-hydrogen) atoms. The lowest BCUT2D eigenvalue weighted by molar-refractivity contribution is -0.142. The minimum atomic E-state index is -1.75. The molecule has 9 atom stereocenters. The van der Waals surface area contributed by atoms with Crippen molar-refractivity contribution in [2.24, 2.45) is 34.8 Å². The predicted molar refractivity (Wildman–Crippen MR) is 261 cm³/mol. The molecule has 0 aliphatic carbocycles. The molecule has 27 heteroatoms. The summed E-state index contributed by atoms with van der Waals surface area (Å²) >= 11 is 8.28. The van der Waals surface area contributed by atoms with E-state index in [1.54, 1.807) is 26.0 Å². The van der Waals surface area contributed by atoms with Gasteiger partial charge in [0.25, 0.3) is 0 Å². The molecular weight excluding hydrogens is 955 g/mol. The number of phenolic OH excluding ortho intramolecular Hbond substituents is 1. The van der Waals surface area contributed by atoms with E-state index in [4.69, 9.17) is 22.9 Å². The number of benzene rings is 1. The zero-order valence-electron chi connectivity index (χ0n) is 39.7. The number of nitrogens with zero attached hydrogens (tertiary/aromatic N) is 1. The van der Waals surface area contributed by atoms with Crippen LogP contribution in [0.1, 0.15) is 78.2 Å². The number of rotatable bonds is 29. The molecule has 1 unspecified atom stereocenters. The van der Waals surface area contributed by atoms with Crippen molar-refractivity contribution < 1.29 is 57.8 Å². The van der Waals surface area contributed by atoms with Crippen LogP contribution < -0.4 is 65.5 Å². The maximum atomic E-state index is 13.9. The minimum absolute atomic E-state index is 0.0277. The number of amides is 12. The molecule has 2 rings (SSSR count). The summed E-state index contributed by atoms with van der Waals surface area (Å²) in [5.41, 5.74) is 22.4. The fraction of sp³-hybridized carbons (Fsp3) is 0.605. The van der Waals surface area contributed by atoms with Crippen LogP contribution in [-0.4, -0.2) is 148 Å². The molecule has 1 aliphatic heterocycles.